The molecule has 0 aliphatic rings. The van der Waals surface area contributed by atoms with Crippen LogP contribution in [0.3, 0.4) is 0 Å². The fraction of sp³-hybridized carbons (Fsp3) is 0.333. The summed E-state index contributed by atoms with van der Waals surface area (Å²) < 4.78 is 18.2. The number of nitrogens with one attached hydrogen (secondary N) is 1. The van der Waals surface area contributed by atoms with Crippen molar-refractivity contribution in [2.24, 2.45) is 0 Å². The number of aliphatic hydroxyl groups is 1. The van der Waals surface area contributed by atoms with Crippen LogP contribution in [0.1, 0.15) is 36.8 Å². The van der Waals surface area contributed by atoms with Crippen LogP contribution in [0.5, 0.6) is 0 Å². The molecule has 0 aliphatic heterocycles. The van der Waals surface area contributed by atoms with Crippen molar-refractivity contribution in [3.8, 4) is 0 Å². The average Bonchev–Trinajstić information content (AvgIpc) is 2.95. The van der Waals surface area contributed by atoms with E-state index in [-0.39, 0.29) is 24.5 Å². The molecule has 2 atom stereocenters. The molecule has 0 aliphatic carbocycles. The third kappa shape index (κ3) is 3.43. The van der Waals surface area contributed by atoms with E-state index in [9.17, 15) is 9.50 Å². The number of aliphatic hydroxyl groups excluding tert-OH is 1. The second-order valence-corrected chi connectivity index (χ2v) is 4.43. The second kappa shape index (κ2) is 6.50. The molecule has 0 radical (unpaired) electrons. The van der Waals surface area contributed by atoms with Gasteiger partial charge in [0.25, 0.3) is 0 Å². The quantitative estimate of drug-likeness (QED) is 0.841. The Morgan fingerprint density at radius 3 is 2.47 bits per heavy atom. The van der Waals surface area contributed by atoms with E-state index in [0.717, 1.165) is 12.0 Å². The minimum absolute atomic E-state index is 0.0443. The zero-order valence-corrected chi connectivity index (χ0v) is 10.8. The van der Waals surface area contributed by atoms with E-state index in [2.05, 4.69) is 5.32 Å². The molecule has 1 heterocycles. The number of rotatable bonds is 6. The van der Waals surface area contributed by atoms with Gasteiger partial charge in [0.05, 0.1) is 18.9 Å². The molecule has 2 rings (SSSR count). The molecule has 2 unspecified atom stereocenters. The Morgan fingerprint density at radius 1 is 1.21 bits per heavy atom. The van der Waals surface area contributed by atoms with Crippen LogP contribution >= 0.6 is 0 Å². The van der Waals surface area contributed by atoms with Gasteiger partial charge in [-0.25, -0.2) is 4.39 Å². The predicted octanol–water partition coefficient (Wildman–Crippen LogP) is 3.19. The van der Waals surface area contributed by atoms with Gasteiger partial charge in [0.1, 0.15) is 11.6 Å². The highest BCUT2D eigenvalue weighted by Crippen LogP contribution is 2.22. The third-order valence-electron chi connectivity index (χ3n) is 3.15. The van der Waals surface area contributed by atoms with E-state index in [1.54, 1.807) is 24.5 Å². The summed E-state index contributed by atoms with van der Waals surface area (Å²) >= 11 is 0. The summed E-state index contributed by atoms with van der Waals surface area (Å²) in [6.07, 6.45) is 2.42. The normalized spacial score (nSPS) is 14.3. The summed E-state index contributed by atoms with van der Waals surface area (Å²) in [7, 11) is 0. The molecule has 1 aromatic carbocycles. The molecule has 0 bridgehead atoms. The van der Waals surface area contributed by atoms with Crippen LogP contribution in [-0.2, 0) is 0 Å². The van der Waals surface area contributed by atoms with Crippen LogP contribution in [0.25, 0.3) is 0 Å². The largest absolute Gasteiger partial charge is 0.468 e. The fourth-order valence-electron chi connectivity index (χ4n) is 2.10. The van der Waals surface area contributed by atoms with E-state index in [1.165, 1.54) is 12.1 Å². The molecule has 19 heavy (non-hydrogen) atoms. The number of benzene rings is 1. The van der Waals surface area contributed by atoms with Crippen molar-refractivity contribution in [3.05, 3.63) is 59.8 Å². The number of hydrogen-bond donors (Lipinski definition) is 2. The fourth-order valence-corrected chi connectivity index (χ4v) is 2.10. The Bertz CT molecular complexity index is 481. The predicted molar refractivity (Wildman–Crippen MR) is 71.1 cm³/mol. The van der Waals surface area contributed by atoms with Crippen molar-refractivity contribution in [1.29, 1.82) is 0 Å². The molecule has 0 fully saturated rings. The van der Waals surface area contributed by atoms with Crippen LogP contribution in [0.4, 0.5) is 4.39 Å². The Morgan fingerprint density at radius 2 is 1.95 bits per heavy atom. The maximum Gasteiger partial charge on any atom is 0.123 e. The topological polar surface area (TPSA) is 45.4 Å². The van der Waals surface area contributed by atoms with Gasteiger partial charge in [0.15, 0.2) is 0 Å². The summed E-state index contributed by atoms with van der Waals surface area (Å²) in [5.74, 6) is 0.450. The molecular formula is C15H18FNO2. The first kappa shape index (κ1) is 13.8. The van der Waals surface area contributed by atoms with Gasteiger partial charge in [-0.2, -0.15) is 0 Å². The second-order valence-electron chi connectivity index (χ2n) is 4.43. The van der Waals surface area contributed by atoms with Crippen LogP contribution < -0.4 is 5.32 Å². The van der Waals surface area contributed by atoms with Gasteiger partial charge >= 0.3 is 0 Å². The maximum absolute atomic E-state index is 12.9. The third-order valence-corrected chi connectivity index (χ3v) is 3.15. The van der Waals surface area contributed by atoms with Crippen molar-refractivity contribution in [2.45, 2.75) is 25.4 Å². The molecule has 1 aromatic heterocycles. The zero-order chi connectivity index (χ0) is 13.7. The highest BCUT2D eigenvalue weighted by Gasteiger charge is 2.18. The van der Waals surface area contributed by atoms with E-state index < -0.39 is 0 Å². The van der Waals surface area contributed by atoms with Gasteiger partial charge in [0, 0.05) is 6.04 Å². The lowest BCUT2D eigenvalue weighted by molar-refractivity contribution is 0.213. The average molecular weight is 263 g/mol. The van der Waals surface area contributed by atoms with Crippen molar-refractivity contribution in [2.75, 3.05) is 6.61 Å². The monoisotopic (exact) mass is 263 g/mol. The number of hydrogen-bond acceptors (Lipinski definition) is 3. The van der Waals surface area contributed by atoms with E-state index in [1.807, 2.05) is 13.0 Å². The summed E-state index contributed by atoms with van der Waals surface area (Å²) in [5.41, 5.74) is 0.994. The highest BCUT2D eigenvalue weighted by molar-refractivity contribution is 5.20. The summed E-state index contributed by atoms with van der Waals surface area (Å²) in [5, 5.41) is 12.8. The molecule has 102 valence electrons. The molecule has 0 saturated carbocycles. The Hall–Kier alpha value is -1.65. The lowest BCUT2D eigenvalue weighted by Crippen LogP contribution is -2.28. The molecule has 0 spiro atoms. The van der Waals surface area contributed by atoms with Crippen molar-refractivity contribution in [1.82, 2.24) is 5.32 Å². The lowest BCUT2D eigenvalue weighted by atomic mass is 10.0. The minimum Gasteiger partial charge on any atom is -0.468 e. The smallest absolute Gasteiger partial charge is 0.123 e. The Balaban J connectivity index is 2.11. The van der Waals surface area contributed by atoms with E-state index in [4.69, 9.17) is 4.42 Å². The molecule has 0 amide bonds. The van der Waals surface area contributed by atoms with Crippen molar-refractivity contribution >= 4 is 0 Å². The van der Waals surface area contributed by atoms with E-state index >= 15 is 0 Å². The van der Waals surface area contributed by atoms with E-state index in [0.29, 0.717) is 5.76 Å². The summed E-state index contributed by atoms with van der Waals surface area (Å²) in [4.78, 5) is 0. The Kier molecular flexibility index (Phi) is 4.71. The van der Waals surface area contributed by atoms with Gasteiger partial charge in [-0.3, -0.25) is 5.32 Å². The minimum atomic E-state index is -0.259. The molecule has 2 N–H and O–H groups in total. The summed E-state index contributed by atoms with van der Waals surface area (Å²) in [6.45, 7) is 1.99. The molecular weight excluding hydrogens is 245 g/mol. The maximum atomic E-state index is 12.9. The van der Waals surface area contributed by atoms with Crippen molar-refractivity contribution in [3.63, 3.8) is 0 Å². The Labute approximate surface area is 112 Å². The van der Waals surface area contributed by atoms with Crippen LogP contribution in [0.15, 0.2) is 47.1 Å². The zero-order valence-electron chi connectivity index (χ0n) is 10.8. The SMILES string of the molecule is CCC(NC(CO)c1ccco1)c1ccc(F)cc1. The van der Waals surface area contributed by atoms with Gasteiger partial charge in [-0.1, -0.05) is 19.1 Å². The lowest BCUT2D eigenvalue weighted by Gasteiger charge is -2.22. The standard InChI is InChI=1S/C15H18FNO2/c1-2-13(11-5-7-12(16)8-6-11)17-14(10-18)15-4-3-9-19-15/h3-9,13-14,17-18H,2,10H2,1H3. The number of halogens is 1. The molecule has 0 saturated heterocycles. The molecule has 2 aromatic rings. The van der Waals surface area contributed by atoms with Crippen LogP contribution in [0.2, 0.25) is 0 Å². The summed E-state index contributed by atoms with van der Waals surface area (Å²) in [6, 6.07) is 9.80. The molecule has 4 heteroatoms. The van der Waals surface area contributed by atoms with Crippen molar-refractivity contribution < 1.29 is 13.9 Å². The first-order valence-corrected chi connectivity index (χ1v) is 6.40. The van der Waals surface area contributed by atoms with Crippen LogP contribution in [-0.4, -0.2) is 11.7 Å². The number of furan rings is 1. The first-order valence-electron chi connectivity index (χ1n) is 6.40. The van der Waals surface area contributed by atoms with Gasteiger partial charge in [-0.05, 0) is 36.2 Å². The first-order chi connectivity index (χ1) is 9.24. The van der Waals surface area contributed by atoms with Crippen LogP contribution in [0, 0.1) is 5.82 Å². The molecule has 3 nitrogen and oxygen atoms in total. The van der Waals surface area contributed by atoms with Gasteiger partial charge < -0.3 is 9.52 Å². The van der Waals surface area contributed by atoms with Gasteiger partial charge in [-0.15, -0.1) is 0 Å². The van der Waals surface area contributed by atoms with Gasteiger partial charge in [0.2, 0.25) is 0 Å². The highest BCUT2D eigenvalue weighted by atomic mass is 19.1.